The van der Waals surface area contributed by atoms with Gasteiger partial charge in [0.2, 0.25) is 11.8 Å². The van der Waals surface area contributed by atoms with E-state index in [0.717, 1.165) is 44.5 Å². The maximum Gasteiger partial charge on any atom is 0.324 e. The number of epoxide rings is 1. The molecule has 8 rings (SSSR count). The first-order chi connectivity index (χ1) is 31.8. The first kappa shape index (κ1) is 47.7. The van der Waals surface area contributed by atoms with Gasteiger partial charge in [-0.1, -0.05) is 53.7 Å². The van der Waals surface area contributed by atoms with Gasteiger partial charge in [-0.3, -0.25) is 34.0 Å². The number of likely N-dealkylation sites (N-methyl/N-ethyl adjacent to an activating group) is 1. The van der Waals surface area contributed by atoms with Gasteiger partial charge in [-0.2, -0.15) is 0 Å². The Labute approximate surface area is 393 Å². The minimum Gasteiger partial charge on any atom is -0.508 e. The Morgan fingerprint density at radius 1 is 1.00 bits per heavy atom. The van der Waals surface area contributed by atoms with Crippen molar-refractivity contribution in [3.05, 3.63) is 71.5 Å². The molecule has 4 aliphatic heterocycles. The summed E-state index contributed by atoms with van der Waals surface area (Å²) in [5, 5.41) is 16.8. The van der Waals surface area contributed by atoms with E-state index in [9.17, 15) is 29.1 Å². The van der Waals surface area contributed by atoms with Gasteiger partial charge in [0.25, 0.3) is 11.8 Å². The number of nitrogens with one attached hydrogen (secondary N) is 2. The maximum atomic E-state index is 14.8. The smallest absolute Gasteiger partial charge is 0.324 e. The molecule has 3 saturated heterocycles. The normalized spacial score (nSPS) is 23.5. The van der Waals surface area contributed by atoms with Gasteiger partial charge in [-0.15, -0.1) is 0 Å². The lowest BCUT2D eigenvalue weighted by molar-refractivity contribution is -0.155. The van der Waals surface area contributed by atoms with E-state index in [1.165, 1.54) is 9.91 Å². The second-order valence-electron chi connectivity index (χ2n) is 20.7. The molecule has 0 saturated carbocycles. The summed E-state index contributed by atoms with van der Waals surface area (Å²) in [5.74, 6) is -2.53. The lowest BCUT2D eigenvalue weighted by atomic mass is 9.83. The highest BCUT2D eigenvalue weighted by molar-refractivity contribution is 5.96. The summed E-state index contributed by atoms with van der Waals surface area (Å²) in [6, 6.07) is 12.7. The molecule has 6 heterocycles. The number of esters is 1. The highest BCUT2D eigenvalue weighted by atomic mass is 16.6. The zero-order valence-corrected chi connectivity index (χ0v) is 40.5. The molecule has 3 N–H and O–H groups in total. The Hall–Kier alpha value is -5.80. The second-order valence-corrected chi connectivity index (χ2v) is 20.7. The second kappa shape index (κ2) is 18.7. The van der Waals surface area contributed by atoms with E-state index in [1.54, 1.807) is 31.0 Å². The average molecular weight is 918 g/mol. The number of aromatic nitrogens is 2. The van der Waals surface area contributed by atoms with Gasteiger partial charge in [0.05, 0.1) is 30.5 Å². The molecule has 2 aromatic carbocycles. The highest BCUT2D eigenvalue weighted by Gasteiger charge is 2.51. The highest BCUT2D eigenvalue weighted by Crippen LogP contribution is 2.42. The van der Waals surface area contributed by atoms with E-state index in [1.807, 2.05) is 38.2 Å². The van der Waals surface area contributed by atoms with Crippen LogP contribution in [0.2, 0.25) is 0 Å². The van der Waals surface area contributed by atoms with Gasteiger partial charge < -0.3 is 34.3 Å². The van der Waals surface area contributed by atoms with E-state index in [-0.39, 0.29) is 55.5 Å². The van der Waals surface area contributed by atoms with Crippen LogP contribution in [0.4, 0.5) is 0 Å². The van der Waals surface area contributed by atoms with Crippen LogP contribution in [0.3, 0.4) is 0 Å². The van der Waals surface area contributed by atoms with E-state index >= 15 is 0 Å². The molecule has 358 valence electrons. The van der Waals surface area contributed by atoms with Crippen molar-refractivity contribution in [1.82, 2.24) is 35.1 Å². The number of hydrogen-bond donors (Lipinski definition) is 3. The van der Waals surface area contributed by atoms with Crippen LogP contribution >= 0.6 is 0 Å². The summed E-state index contributed by atoms with van der Waals surface area (Å²) >= 11 is 0. The monoisotopic (exact) mass is 918 g/mol. The number of likely N-dealkylation sites (tertiary alicyclic amines) is 1. The molecule has 6 bridgehead atoms. The van der Waals surface area contributed by atoms with Crippen LogP contribution in [0.1, 0.15) is 97.4 Å². The van der Waals surface area contributed by atoms with Crippen molar-refractivity contribution in [3.8, 4) is 28.1 Å². The number of fused-ring (bicyclic) bond motifs is 6. The molecule has 0 spiro atoms. The molecular weight excluding hydrogens is 851 g/mol. The number of carbonyl (C=O) groups excluding carboxylic acids is 5. The van der Waals surface area contributed by atoms with Crippen molar-refractivity contribution < 1.29 is 38.6 Å². The molecule has 4 aromatic rings. The van der Waals surface area contributed by atoms with Crippen molar-refractivity contribution in [1.29, 1.82) is 0 Å². The number of hydrazine groups is 1. The third kappa shape index (κ3) is 9.67. The number of aromatic hydroxyl groups is 1. The largest absolute Gasteiger partial charge is 0.508 e. The standard InChI is InChI=1S/C52H67N7O8/c1-10-58-42-16-15-33-25-38(42)39(45(58)37-13-11-18-53-43(37)30(2)3)26-51(6,7)28-66-49(64)40-14-12-19-59(55-40)48(63)41(23-32-21-35(33)24-36(60)22-32)54-46(61)44(31(4)5)56(9)47(62)34-17-20-57(27-34)50(65)52(8)29-67-52/h11,13,15-16,18,21-22,24-25,30-31,34,40-41,44,55,60H,10,12,14,17,19-20,23,26-29H2,1-9H3,(H,54,61)/t34-,40-,41-,44-,52?/m0/s1. The summed E-state index contributed by atoms with van der Waals surface area (Å²) < 4.78 is 13.8. The number of pyridine rings is 1. The summed E-state index contributed by atoms with van der Waals surface area (Å²) in [6.07, 6.45) is 3.84. The minimum absolute atomic E-state index is 0.000241. The summed E-state index contributed by atoms with van der Waals surface area (Å²) in [6.45, 7) is 18.2. The molecular formula is C52H67N7O8. The fourth-order valence-corrected chi connectivity index (χ4v) is 10.4. The number of aryl methyl sites for hydroxylation is 1. The number of hydrogen-bond acceptors (Lipinski definition) is 10. The number of cyclic esters (lactones) is 1. The number of rotatable bonds is 9. The SMILES string of the molecule is CCn1c(-c2cccnc2C(C)C)c2c3cc(ccc31)-c1cc(O)cc(c1)C[C@H](NC(=O)[C@H](C(C)C)N(C)C(=O)[C@H]1CCN(C(=O)C3(C)CO3)C1)C(=O)N1CCC[C@H](N1)C(=O)OCC(C)(C)C2. The van der Waals surface area contributed by atoms with Gasteiger partial charge in [0, 0.05) is 67.7 Å². The molecule has 67 heavy (non-hydrogen) atoms. The first-order valence-corrected chi connectivity index (χ1v) is 24.0. The van der Waals surface area contributed by atoms with Crippen LogP contribution in [0.25, 0.3) is 33.3 Å². The van der Waals surface area contributed by atoms with Gasteiger partial charge in [-0.25, -0.2) is 5.43 Å². The van der Waals surface area contributed by atoms with Gasteiger partial charge in [0.1, 0.15) is 23.9 Å². The summed E-state index contributed by atoms with van der Waals surface area (Å²) in [5.41, 5.74) is 9.24. The van der Waals surface area contributed by atoms with Crippen molar-refractivity contribution >= 4 is 40.5 Å². The molecule has 0 aliphatic carbocycles. The van der Waals surface area contributed by atoms with Crippen LogP contribution in [0.15, 0.2) is 54.7 Å². The topological polar surface area (TPSA) is 179 Å². The van der Waals surface area contributed by atoms with E-state index in [4.69, 9.17) is 14.5 Å². The summed E-state index contributed by atoms with van der Waals surface area (Å²) in [4.78, 5) is 78.3. The molecule has 2 aromatic heterocycles. The van der Waals surface area contributed by atoms with E-state index < -0.39 is 52.8 Å². The summed E-state index contributed by atoms with van der Waals surface area (Å²) in [7, 11) is 1.60. The molecule has 4 amide bonds. The lowest BCUT2D eigenvalue weighted by Crippen LogP contribution is -2.62. The number of nitrogens with zero attached hydrogens (tertiary/aromatic N) is 5. The van der Waals surface area contributed by atoms with Crippen LogP contribution < -0.4 is 10.7 Å². The Bertz CT molecular complexity index is 2580. The van der Waals surface area contributed by atoms with Crippen LogP contribution in [-0.2, 0) is 52.8 Å². The molecule has 15 heteroatoms. The Morgan fingerprint density at radius 2 is 1.76 bits per heavy atom. The average Bonchev–Trinajstić information content (AvgIpc) is 3.73. The van der Waals surface area contributed by atoms with E-state index in [2.05, 4.69) is 68.1 Å². The number of benzene rings is 2. The van der Waals surface area contributed by atoms with Crippen LogP contribution in [0, 0.1) is 17.3 Å². The fraction of sp³-hybridized carbons (Fsp3) is 0.538. The molecule has 15 nitrogen and oxygen atoms in total. The molecule has 1 unspecified atom stereocenters. The Kier molecular flexibility index (Phi) is 13.3. The zero-order chi connectivity index (χ0) is 48.1. The predicted molar refractivity (Wildman–Crippen MR) is 254 cm³/mol. The first-order valence-electron chi connectivity index (χ1n) is 24.0. The number of ether oxygens (including phenoxy) is 2. The quantitative estimate of drug-likeness (QED) is 0.134. The van der Waals surface area contributed by atoms with Crippen LogP contribution in [0.5, 0.6) is 5.75 Å². The number of phenolic OH excluding ortho intramolecular Hbond substituents is 1. The number of carbonyl (C=O) groups is 5. The molecule has 4 aliphatic rings. The van der Waals surface area contributed by atoms with Gasteiger partial charge in [0.15, 0.2) is 5.60 Å². The Balaban J connectivity index is 1.17. The Morgan fingerprint density at radius 3 is 2.46 bits per heavy atom. The van der Waals surface area contributed by atoms with Crippen molar-refractivity contribution in [2.45, 2.75) is 124 Å². The number of amides is 4. The molecule has 3 fully saturated rings. The lowest BCUT2D eigenvalue weighted by Gasteiger charge is -2.37. The minimum atomic E-state index is -1.16. The van der Waals surface area contributed by atoms with Crippen LogP contribution in [-0.4, -0.2) is 123 Å². The predicted octanol–water partition coefficient (Wildman–Crippen LogP) is 5.99. The molecule has 5 atom stereocenters. The van der Waals surface area contributed by atoms with Gasteiger partial charge in [-0.05, 0) is 110 Å². The molecule has 0 radical (unpaired) electrons. The van der Waals surface area contributed by atoms with Crippen molar-refractivity contribution in [2.75, 3.05) is 39.9 Å². The maximum absolute atomic E-state index is 14.8. The van der Waals surface area contributed by atoms with Gasteiger partial charge >= 0.3 is 5.97 Å². The fourth-order valence-electron chi connectivity index (χ4n) is 10.4. The number of phenols is 1. The van der Waals surface area contributed by atoms with Crippen molar-refractivity contribution in [2.24, 2.45) is 17.3 Å². The van der Waals surface area contributed by atoms with E-state index in [0.29, 0.717) is 50.9 Å². The third-order valence-electron chi connectivity index (χ3n) is 14.0. The zero-order valence-electron chi connectivity index (χ0n) is 40.5. The van der Waals surface area contributed by atoms with Crippen molar-refractivity contribution in [3.63, 3.8) is 0 Å². The third-order valence-corrected chi connectivity index (χ3v) is 14.0.